The van der Waals surface area contributed by atoms with Crippen LogP contribution in [0.3, 0.4) is 0 Å². The lowest BCUT2D eigenvalue weighted by Gasteiger charge is -2.36. The first-order valence-corrected chi connectivity index (χ1v) is 7.88. The number of amides is 1. The summed E-state index contributed by atoms with van der Waals surface area (Å²) in [6.45, 7) is 6.29. The van der Waals surface area contributed by atoms with Crippen molar-refractivity contribution >= 4 is 17.2 Å². The van der Waals surface area contributed by atoms with Gasteiger partial charge in [0, 0.05) is 9.75 Å². The number of carbonyl (C=O) groups excluding carboxylic acids is 1. The molecule has 3 atom stereocenters. The van der Waals surface area contributed by atoms with Crippen molar-refractivity contribution in [2.24, 2.45) is 11.7 Å². The van der Waals surface area contributed by atoms with Gasteiger partial charge in [0.05, 0.1) is 11.6 Å². The SMILES string of the molecule is Cc1ccc(C(C)NC(=O)C2(N)CCCC(C)C2)s1. The van der Waals surface area contributed by atoms with Gasteiger partial charge >= 0.3 is 0 Å². The molecular formula is C15H24N2OS. The van der Waals surface area contributed by atoms with Crippen LogP contribution in [0.1, 0.15) is 55.3 Å². The number of hydrogen-bond donors (Lipinski definition) is 2. The first-order valence-electron chi connectivity index (χ1n) is 7.07. The lowest BCUT2D eigenvalue weighted by Crippen LogP contribution is -2.56. The molecule has 1 heterocycles. The summed E-state index contributed by atoms with van der Waals surface area (Å²) in [6, 6.07) is 4.21. The minimum atomic E-state index is -0.668. The van der Waals surface area contributed by atoms with Crippen LogP contribution in [0.15, 0.2) is 12.1 Å². The third kappa shape index (κ3) is 3.37. The maximum absolute atomic E-state index is 12.4. The van der Waals surface area contributed by atoms with E-state index in [1.165, 1.54) is 16.2 Å². The Kier molecular flexibility index (Phi) is 4.31. The Morgan fingerprint density at radius 2 is 2.32 bits per heavy atom. The average Bonchev–Trinajstić information content (AvgIpc) is 2.75. The van der Waals surface area contributed by atoms with E-state index in [4.69, 9.17) is 5.73 Å². The van der Waals surface area contributed by atoms with Gasteiger partial charge in [0.15, 0.2) is 0 Å². The summed E-state index contributed by atoms with van der Waals surface area (Å²) < 4.78 is 0. The fourth-order valence-electron chi connectivity index (χ4n) is 2.90. The van der Waals surface area contributed by atoms with Gasteiger partial charge < -0.3 is 11.1 Å². The van der Waals surface area contributed by atoms with Crippen LogP contribution in [-0.4, -0.2) is 11.4 Å². The third-order valence-electron chi connectivity index (χ3n) is 4.02. The summed E-state index contributed by atoms with van der Waals surface area (Å²) in [5.74, 6) is 0.557. The zero-order valence-corrected chi connectivity index (χ0v) is 12.8. The zero-order chi connectivity index (χ0) is 14.0. The van der Waals surface area contributed by atoms with Crippen LogP contribution in [0.4, 0.5) is 0 Å². The lowest BCUT2D eigenvalue weighted by atomic mass is 9.76. The summed E-state index contributed by atoms with van der Waals surface area (Å²) in [5, 5.41) is 3.09. The quantitative estimate of drug-likeness (QED) is 0.893. The topological polar surface area (TPSA) is 55.1 Å². The van der Waals surface area contributed by atoms with Gasteiger partial charge in [-0.3, -0.25) is 4.79 Å². The molecule has 1 aliphatic carbocycles. The van der Waals surface area contributed by atoms with E-state index < -0.39 is 5.54 Å². The van der Waals surface area contributed by atoms with Gasteiger partial charge in [-0.2, -0.15) is 0 Å². The number of carbonyl (C=O) groups is 1. The summed E-state index contributed by atoms with van der Waals surface area (Å²) in [5.41, 5.74) is 5.65. The van der Waals surface area contributed by atoms with E-state index in [1.807, 2.05) is 6.92 Å². The highest BCUT2D eigenvalue weighted by Crippen LogP contribution is 2.31. The summed E-state index contributed by atoms with van der Waals surface area (Å²) >= 11 is 1.73. The molecule has 1 aliphatic rings. The van der Waals surface area contributed by atoms with Gasteiger partial charge in [-0.15, -0.1) is 11.3 Å². The highest BCUT2D eigenvalue weighted by molar-refractivity contribution is 7.12. The van der Waals surface area contributed by atoms with Crippen molar-refractivity contribution in [2.45, 2.75) is 58.0 Å². The predicted molar refractivity (Wildman–Crippen MR) is 80.2 cm³/mol. The van der Waals surface area contributed by atoms with Crippen LogP contribution in [0.5, 0.6) is 0 Å². The van der Waals surface area contributed by atoms with Crippen molar-refractivity contribution < 1.29 is 4.79 Å². The van der Waals surface area contributed by atoms with Crippen LogP contribution in [0.25, 0.3) is 0 Å². The van der Waals surface area contributed by atoms with Crippen LogP contribution >= 0.6 is 11.3 Å². The average molecular weight is 280 g/mol. The molecule has 0 radical (unpaired) electrons. The Balaban J connectivity index is 2.00. The predicted octanol–water partition coefficient (Wildman–Crippen LogP) is 3.14. The van der Waals surface area contributed by atoms with E-state index in [2.05, 4.69) is 31.3 Å². The molecule has 19 heavy (non-hydrogen) atoms. The van der Waals surface area contributed by atoms with E-state index in [-0.39, 0.29) is 11.9 Å². The minimum absolute atomic E-state index is 0.0117. The van der Waals surface area contributed by atoms with Crippen LogP contribution in [0.2, 0.25) is 0 Å². The number of nitrogens with one attached hydrogen (secondary N) is 1. The lowest BCUT2D eigenvalue weighted by molar-refractivity contribution is -0.128. The monoisotopic (exact) mass is 280 g/mol. The van der Waals surface area contributed by atoms with Gasteiger partial charge in [0.2, 0.25) is 5.91 Å². The van der Waals surface area contributed by atoms with Gasteiger partial charge in [-0.05, 0) is 44.7 Å². The first kappa shape index (κ1) is 14.5. The summed E-state index contributed by atoms with van der Waals surface area (Å²) in [4.78, 5) is 14.9. The Bertz CT molecular complexity index is 457. The molecule has 2 rings (SSSR count). The number of nitrogens with two attached hydrogens (primary N) is 1. The molecule has 3 nitrogen and oxygen atoms in total. The highest BCUT2D eigenvalue weighted by Gasteiger charge is 2.38. The molecule has 106 valence electrons. The number of aryl methyl sites for hydroxylation is 1. The van der Waals surface area contributed by atoms with Gasteiger partial charge in [-0.25, -0.2) is 0 Å². The Morgan fingerprint density at radius 1 is 1.58 bits per heavy atom. The van der Waals surface area contributed by atoms with Gasteiger partial charge in [0.1, 0.15) is 0 Å². The Morgan fingerprint density at radius 3 is 2.89 bits per heavy atom. The smallest absolute Gasteiger partial charge is 0.240 e. The molecule has 0 aromatic carbocycles. The third-order valence-corrected chi connectivity index (χ3v) is 5.20. The van der Waals surface area contributed by atoms with Crippen LogP contribution in [-0.2, 0) is 4.79 Å². The normalized spacial score (nSPS) is 28.9. The molecule has 3 unspecified atom stereocenters. The number of thiophene rings is 1. The second kappa shape index (κ2) is 5.63. The van der Waals surface area contributed by atoms with Gasteiger partial charge in [0.25, 0.3) is 0 Å². The second-order valence-electron chi connectivity index (χ2n) is 6.00. The van der Waals surface area contributed by atoms with Crippen molar-refractivity contribution in [3.63, 3.8) is 0 Å². The molecule has 1 saturated carbocycles. The van der Waals surface area contributed by atoms with Crippen LogP contribution in [0, 0.1) is 12.8 Å². The van der Waals surface area contributed by atoms with Crippen molar-refractivity contribution in [3.05, 3.63) is 21.9 Å². The largest absolute Gasteiger partial charge is 0.347 e. The summed E-state index contributed by atoms with van der Waals surface area (Å²) in [7, 11) is 0. The Labute approximate surface area is 119 Å². The molecule has 0 bridgehead atoms. The minimum Gasteiger partial charge on any atom is -0.347 e. The molecule has 1 amide bonds. The molecule has 4 heteroatoms. The second-order valence-corrected chi connectivity index (χ2v) is 7.32. The first-order chi connectivity index (χ1) is 8.90. The molecular weight excluding hydrogens is 256 g/mol. The number of hydrogen-bond acceptors (Lipinski definition) is 3. The van der Waals surface area contributed by atoms with Gasteiger partial charge in [-0.1, -0.05) is 19.8 Å². The highest BCUT2D eigenvalue weighted by atomic mass is 32.1. The molecule has 0 saturated heterocycles. The molecule has 1 fully saturated rings. The fourth-order valence-corrected chi connectivity index (χ4v) is 3.78. The number of rotatable bonds is 3. The van der Waals surface area contributed by atoms with Crippen molar-refractivity contribution in [1.82, 2.24) is 5.32 Å². The van der Waals surface area contributed by atoms with Crippen molar-refractivity contribution in [2.75, 3.05) is 0 Å². The van der Waals surface area contributed by atoms with E-state index in [1.54, 1.807) is 11.3 Å². The molecule has 0 aliphatic heterocycles. The fraction of sp³-hybridized carbons (Fsp3) is 0.667. The zero-order valence-electron chi connectivity index (χ0n) is 12.0. The van der Waals surface area contributed by atoms with E-state index in [0.29, 0.717) is 5.92 Å². The molecule has 0 spiro atoms. The molecule has 3 N–H and O–H groups in total. The van der Waals surface area contributed by atoms with E-state index >= 15 is 0 Å². The van der Waals surface area contributed by atoms with Crippen molar-refractivity contribution in [3.8, 4) is 0 Å². The summed E-state index contributed by atoms with van der Waals surface area (Å²) in [6.07, 6.45) is 3.85. The maximum Gasteiger partial charge on any atom is 0.240 e. The maximum atomic E-state index is 12.4. The molecule has 1 aromatic heterocycles. The molecule has 1 aromatic rings. The van der Waals surface area contributed by atoms with E-state index in [9.17, 15) is 4.79 Å². The Hall–Kier alpha value is -0.870. The standard InChI is InChI=1S/C15H24N2OS/c1-10-5-4-8-15(16,9-10)14(18)17-12(3)13-7-6-11(2)19-13/h6-7,10,12H,4-5,8-9,16H2,1-3H3,(H,17,18). The van der Waals surface area contributed by atoms with E-state index in [0.717, 1.165) is 19.3 Å². The van der Waals surface area contributed by atoms with Crippen LogP contribution < -0.4 is 11.1 Å². The van der Waals surface area contributed by atoms with Crippen molar-refractivity contribution in [1.29, 1.82) is 0 Å².